The first kappa shape index (κ1) is 11.0. The van der Waals surface area contributed by atoms with Gasteiger partial charge in [-0.05, 0) is 27.8 Å². The van der Waals surface area contributed by atoms with Gasteiger partial charge in [0, 0.05) is 31.7 Å². The third-order valence-electron chi connectivity index (χ3n) is 3.21. The molecule has 0 aromatic rings. The number of hydrogen-bond acceptors (Lipinski definition) is 3. The van der Waals surface area contributed by atoms with Gasteiger partial charge >= 0.3 is 0 Å². The molecule has 3 nitrogen and oxygen atoms in total. The fraction of sp³-hybridized carbons (Fsp3) is 1.00. The molecule has 78 valence electrons. The maximum Gasteiger partial charge on any atom is 0.0639 e. The highest BCUT2D eigenvalue weighted by molar-refractivity contribution is 4.85. The van der Waals surface area contributed by atoms with E-state index < -0.39 is 0 Å². The normalized spacial score (nSPS) is 34.8. The molecule has 1 N–H and O–H groups in total. The van der Waals surface area contributed by atoms with Gasteiger partial charge in [0.15, 0.2) is 0 Å². The average molecular weight is 186 g/mol. The Hall–Kier alpha value is -0.120. The second-order valence-corrected chi connectivity index (χ2v) is 4.31. The van der Waals surface area contributed by atoms with E-state index in [9.17, 15) is 5.11 Å². The molecule has 3 atom stereocenters. The molecule has 1 heterocycles. The van der Waals surface area contributed by atoms with Crippen LogP contribution in [0.3, 0.4) is 0 Å². The summed E-state index contributed by atoms with van der Waals surface area (Å²) < 4.78 is 0. The van der Waals surface area contributed by atoms with Crippen LogP contribution in [0.2, 0.25) is 0 Å². The first-order chi connectivity index (χ1) is 6.02. The maximum atomic E-state index is 9.32. The van der Waals surface area contributed by atoms with Crippen molar-refractivity contribution in [2.24, 2.45) is 0 Å². The molecule has 3 unspecified atom stereocenters. The summed E-state index contributed by atoms with van der Waals surface area (Å²) in [5.41, 5.74) is 0. The number of β-amino-alcohol motifs (C(OH)–C–C–N with tert-alkyl or cyclic N) is 1. The molecule has 0 aliphatic carbocycles. The molecule has 3 heteroatoms. The molecule has 1 aliphatic heterocycles. The number of piperazine rings is 1. The summed E-state index contributed by atoms with van der Waals surface area (Å²) in [6.45, 7) is 9.34. The highest BCUT2D eigenvalue weighted by Gasteiger charge is 2.28. The summed E-state index contributed by atoms with van der Waals surface area (Å²) in [5.74, 6) is 0. The summed E-state index contributed by atoms with van der Waals surface area (Å²) in [7, 11) is 2.17. The van der Waals surface area contributed by atoms with Crippen molar-refractivity contribution in [3.05, 3.63) is 0 Å². The fourth-order valence-corrected chi connectivity index (χ4v) is 1.96. The molecular formula is C10H22N2O. The van der Waals surface area contributed by atoms with E-state index in [1.54, 1.807) is 0 Å². The number of aliphatic hydroxyl groups excluding tert-OH is 1. The smallest absolute Gasteiger partial charge is 0.0639 e. The first-order valence-corrected chi connectivity index (χ1v) is 5.14. The molecule has 1 fully saturated rings. The Morgan fingerprint density at radius 3 is 2.46 bits per heavy atom. The lowest BCUT2D eigenvalue weighted by Crippen LogP contribution is -2.57. The van der Waals surface area contributed by atoms with E-state index in [0.29, 0.717) is 12.1 Å². The van der Waals surface area contributed by atoms with Crippen molar-refractivity contribution < 1.29 is 5.11 Å². The quantitative estimate of drug-likeness (QED) is 0.676. The Bertz CT molecular complexity index is 161. The third-order valence-corrected chi connectivity index (χ3v) is 3.21. The topological polar surface area (TPSA) is 26.7 Å². The number of aliphatic hydroxyl groups is 1. The number of likely N-dealkylation sites (N-methyl/N-ethyl adjacent to an activating group) is 1. The Labute approximate surface area is 81.3 Å². The lowest BCUT2D eigenvalue weighted by molar-refractivity contribution is 0.0228. The summed E-state index contributed by atoms with van der Waals surface area (Å²) in [5, 5.41) is 9.32. The van der Waals surface area contributed by atoms with Crippen LogP contribution in [0, 0.1) is 0 Å². The van der Waals surface area contributed by atoms with Crippen molar-refractivity contribution in [2.45, 2.75) is 39.0 Å². The summed E-state index contributed by atoms with van der Waals surface area (Å²) in [6, 6.07) is 1.14. The van der Waals surface area contributed by atoms with E-state index in [1.165, 1.54) is 0 Å². The standard InChI is InChI=1S/C10H22N2O/c1-8(13)7-12-6-5-11(4)9(2)10(12)3/h8-10,13H,5-7H2,1-4H3. The van der Waals surface area contributed by atoms with Crippen molar-refractivity contribution >= 4 is 0 Å². The minimum absolute atomic E-state index is 0.210. The second kappa shape index (κ2) is 4.40. The highest BCUT2D eigenvalue weighted by Crippen LogP contribution is 2.15. The summed E-state index contributed by atoms with van der Waals surface area (Å²) in [6.07, 6.45) is -0.210. The van der Waals surface area contributed by atoms with E-state index in [1.807, 2.05) is 6.92 Å². The molecule has 13 heavy (non-hydrogen) atoms. The SMILES string of the molecule is CC(O)CN1CCN(C)C(C)C1C. The molecule has 1 rings (SSSR count). The molecule has 1 aliphatic rings. The van der Waals surface area contributed by atoms with E-state index in [-0.39, 0.29) is 6.10 Å². The van der Waals surface area contributed by atoms with Crippen molar-refractivity contribution in [3.8, 4) is 0 Å². The summed E-state index contributed by atoms with van der Waals surface area (Å²) >= 11 is 0. The van der Waals surface area contributed by atoms with Crippen LogP contribution in [0.1, 0.15) is 20.8 Å². The van der Waals surface area contributed by atoms with Crippen molar-refractivity contribution in [1.29, 1.82) is 0 Å². The zero-order valence-corrected chi connectivity index (χ0v) is 9.20. The van der Waals surface area contributed by atoms with Crippen molar-refractivity contribution in [3.63, 3.8) is 0 Å². The van der Waals surface area contributed by atoms with Crippen LogP contribution in [0.25, 0.3) is 0 Å². The molecule has 0 bridgehead atoms. The Kier molecular flexibility index (Phi) is 3.71. The third kappa shape index (κ3) is 2.66. The number of hydrogen-bond donors (Lipinski definition) is 1. The van der Waals surface area contributed by atoms with Gasteiger partial charge in [0.1, 0.15) is 0 Å². The predicted octanol–water partition coefficient (Wildman–Crippen LogP) is 0.392. The van der Waals surface area contributed by atoms with Crippen LogP contribution in [0.5, 0.6) is 0 Å². The molecule has 0 saturated carbocycles. The van der Waals surface area contributed by atoms with Crippen LogP contribution in [-0.4, -0.2) is 59.8 Å². The van der Waals surface area contributed by atoms with Crippen LogP contribution in [-0.2, 0) is 0 Å². The van der Waals surface area contributed by atoms with Gasteiger partial charge in [0.25, 0.3) is 0 Å². The molecular weight excluding hydrogens is 164 g/mol. The van der Waals surface area contributed by atoms with Gasteiger partial charge in [-0.25, -0.2) is 0 Å². The molecule has 0 aromatic heterocycles. The Balaban J connectivity index is 2.48. The van der Waals surface area contributed by atoms with Gasteiger partial charge in [-0.1, -0.05) is 0 Å². The number of rotatable bonds is 2. The van der Waals surface area contributed by atoms with Gasteiger partial charge < -0.3 is 10.0 Å². The van der Waals surface area contributed by atoms with E-state index >= 15 is 0 Å². The lowest BCUT2D eigenvalue weighted by Gasteiger charge is -2.43. The van der Waals surface area contributed by atoms with Gasteiger partial charge in [-0.15, -0.1) is 0 Å². The molecule has 1 saturated heterocycles. The fourth-order valence-electron chi connectivity index (χ4n) is 1.96. The van der Waals surface area contributed by atoms with Crippen LogP contribution >= 0.6 is 0 Å². The van der Waals surface area contributed by atoms with E-state index in [0.717, 1.165) is 19.6 Å². The first-order valence-electron chi connectivity index (χ1n) is 5.14. The second-order valence-electron chi connectivity index (χ2n) is 4.31. The largest absolute Gasteiger partial charge is 0.392 e. The Morgan fingerprint density at radius 1 is 1.31 bits per heavy atom. The van der Waals surface area contributed by atoms with Crippen LogP contribution in [0.4, 0.5) is 0 Å². The van der Waals surface area contributed by atoms with Crippen molar-refractivity contribution in [1.82, 2.24) is 9.80 Å². The zero-order chi connectivity index (χ0) is 10.0. The van der Waals surface area contributed by atoms with Crippen LogP contribution < -0.4 is 0 Å². The number of nitrogens with zero attached hydrogens (tertiary/aromatic N) is 2. The van der Waals surface area contributed by atoms with E-state index in [4.69, 9.17) is 0 Å². The zero-order valence-electron chi connectivity index (χ0n) is 9.20. The van der Waals surface area contributed by atoms with Gasteiger partial charge in [-0.2, -0.15) is 0 Å². The van der Waals surface area contributed by atoms with Crippen molar-refractivity contribution in [2.75, 3.05) is 26.7 Å². The Morgan fingerprint density at radius 2 is 1.92 bits per heavy atom. The molecule has 0 aromatic carbocycles. The molecule has 0 amide bonds. The van der Waals surface area contributed by atoms with E-state index in [2.05, 4.69) is 30.7 Å². The minimum Gasteiger partial charge on any atom is -0.392 e. The maximum absolute atomic E-state index is 9.32. The monoisotopic (exact) mass is 186 g/mol. The minimum atomic E-state index is -0.210. The van der Waals surface area contributed by atoms with Gasteiger partial charge in [0.05, 0.1) is 6.10 Å². The van der Waals surface area contributed by atoms with Gasteiger partial charge in [0.2, 0.25) is 0 Å². The average Bonchev–Trinajstić information content (AvgIpc) is 2.06. The molecule has 0 radical (unpaired) electrons. The lowest BCUT2D eigenvalue weighted by atomic mass is 10.1. The summed E-state index contributed by atoms with van der Waals surface area (Å²) in [4.78, 5) is 4.75. The molecule has 0 spiro atoms. The highest BCUT2D eigenvalue weighted by atomic mass is 16.3. The van der Waals surface area contributed by atoms with Crippen LogP contribution in [0.15, 0.2) is 0 Å². The van der Waals surface area contributed by atoms with Gasteiger partial charge in [-0.3, -0.25) is 4.90 Å². The predicted molar refractivity (Wildman–Crippen MR) is 54.8 cm³/mol.